The molecule has 0 unspecified atom stereocenters. The molecule has 0 bridgehead atoms. The molecule has 0 saturated carbocycles. The molecule has 31 heavy (non-hydrogen) atoms. The van der Waals surface area contributed by atoms with Gasteiger partial charge >= 0.3 is 12.1 Å². The van der Waals surface area contributed by atoms with Crippen LogP contribution in [0.5, 0.6) is 0 Å². The number of carbonyl (C=O) groups is 2. The first-order valence-corrected chi connectivity index (χ1v) is 9.82. The van der Waals surface area contributed by atoms with Gasteiger partial charge in [0.15, 0.2) is 0 Å². The Morgan fingerprint density at radius 3 is 2.61 bits per heavy atom. The number of carboxylic acid groups (broad SMARTS) is 1. The molecule has 0 fully saturated rings. The highest BCUT2D eigenvalue weighted by molar-refractivity contribution is 6.31. The molecule has 1 aromatic heterocycles. The Morgan fingerprint density at radius 1 is 1.03 bits per heavy atom. The van der Waals surface area contributed by atoms with Gasteiger partial charge in [0.1, 0.15) is 13.2 Å². The van der Waals surface area contributed by atoms with E-state index < -0.39 is 12.1 Å². The smallest absolute Gasteiger partial charge is 0.411 e. The van der Waals surface area contributed by atoms with Crippen LogP contribution in [0.25, 0.3) is 22.0 Å². The van der Waals surface area contributed by atoms with Crippen molar-refractivity contribution in [1.29, 1.82) is 0 Å². The van der Waals surface area contributed by atoms with E-state index in [0.717, 1.165) is 27.6 Å². The number of benzene rings is 3. The van der Waals surface area contributed by atoms with Crippen LogP contribution in [0.3, 0.4) is 0 Å². The molecule has 3 aromatic carbocycles. The average molecular weight is 436 g/mol. The number of nitrogens with one attached hydrogen (secondary N) is 1. The highest BCUT2D eigenvalue weighted by Crippen LogP contribution is 2.30. The van der Waals surface area contributed by atoms with Crippen molar-refractivity contribution < 1.29 is 19.4 Å². The van der Waals surface area contributed by atoms with Gasteiger partial charge in [-0.15, -0.1) is 0 Å². The van der Waals surface area contributed by atoms with Crippen LogP contribution >= 0.6 is 11.6 Å². The van der Waals surface area contributed by atoms with Crippen LogP contribution in [0, 0.1) is 0 Å². The largest absolute Gasteiger partial charge is 0.480 e. The van der Waals surface area contributed by atoms with Crippen LogP contribution in [-0.2, 0) is 22.7 Å². The second kappa shape index (κ2) is 8.89. The van der Waals surface area contributed by atoms with Crippen LogP contribution in [-0.4, -0.2) is 26.9 Å². The molecule has 1 amide bonds. The summed E-state index contributed by atoms with van der Waals surface area (Å²) in [6, 6.07) is 20.2. The van der Waals surface area contributed by atoms with Gasteiger partial charge in [-0.2, -0.15) is 5.10 Å². The van der Waals surface area contributed by atoms with Crippen molar-refractivity contribution in [3.63, 3.8) is 0 Å². The summed E-state index contributed by atoms with van der Waals surface area (Å²) >= 11 is 6.26. The summed E-state index contributed by atoms with van der Waals surface area (Å²) in [6.07, 6.45) is 1.04. The fourth-order valence-corrected chi connectivity index (χ4v) is 3.46. The van der Waals surface area contributed by atoms with Crippen LogP contribution in [0.15, 0.2) is 72.9 Å². The summed E-state index contributed by atoms with van der Waals surface area (Å²) < 4.78 is 6.68. The molecule has 7 nitrogen and oxygen atoms in total. The second-order valence-corrected chi connectivity index (χ2v) is 7.32. The van der Waals surface area contributed by atoms with E-state index in [4.69, 9.17) is 21.4 Å². The maximum Gasteiger partial charge on any atom is 0.411 e. The van der Waals surface area contributed by atoms with Gasteiger partial charge in [-0.25, -0.2) is 4.79 Å². The Kier molecular flexibility index (Phi) is 5.86. The first-order valence-electron chi connectivity index (χ1n) is 9.44. The third-order valence-corrected chi connectivity index (χ3v) is 4.84. The molecule has 2 N–H and O–H groups in total. The van der Waals surface area contributed by atoms with Gasteiger partial charge in [0.25, 0.3) is 0 Å². The summed E-state index contributed by atoms with van der Waals surface area (Å²) in [5, 5.41) is 17.1. The Balaban J connectivity index is 1.52. The van der Waals surface area contributed by atoms with Crippen molar-refractivity contribution in [3.8, 4) is 11.1 Å². The van der Waals surface area contributed by atoms with Crippen LogP contribution < -0.4 is 5.32 Å². The molecule has 0 atom stereocenters. The predicted molar refractivity (Wildman–Crippen MR) is 118 cm³/mol. The van der Waals surface area contributed by atoms with Gasteiger partial charge in [-0.3, -0.25) is 14.8 Å². The molecule has 8 heteroatoms. The number of anilines is 1. The molecule has 4 rings (SSSR count). The molecule has 0 aliphatic heterocycles. The number of fused-ring (bicyclic) bond motifs is 1. The van der Waals surface area contributed by atoms with Crippen LogP contribution in [0.4, 0.5) is 10.5 Å². The van der Waals surface area contributed by atoms with E-state index >= 15 is 0 Å². The summed E-state index contributed by atoms with van der Waals surface area (Å²) in [5.41, 5.74) is 3.75. The molecule has 0 aliphatic carbocycles. The van der Waals surface area contributed by atoms with E-state index in [1.165, 1.54) is 4.68 Å². The number of aliphatic carboxylic acids is 1. The third-order valence-electron chi connectivity index (χ3n) is 4.62. The zero-order valence-corrected chi connectivity index (χ0v) is 17.0. The van der Waals surface area contributed by atoms with Gasteiger partial charge in [-0.1, -0.05) is 48.0 Å². The Bertz CT molecular complexity index is 1250. The lowest BCUT2D eigenvalue weighted by atomic mass is 10.0. The summed E-state index contributed by atoms with van der Waals surface area (Å²) in [4.78, 5) is 23.1. The molecule has 0 radical (unpaired) electrons. The lowest BCUT2D eigenvalue weighted by Gasteiger charge is -2.10. The van der Waals surface area contributed by atoms with Crippen molar-refractivity contribution >= 4 is 40.3 Å². The van der Waals surface area contributed by atoms with Crippen LogP contribution in [0.1, 0.15) is 5.56 Å². The SMILES string of the molecule is O=C(O)Cn1ncc2cc(-c3cc(Cl)cc(NC(=O)OCc4ccccc4)c3)ccc21. The average Bonchev–Trinajstić information content (AvgIpc) is 3.14. The monoisotopic (exact) mass is 435 g/mol. The minimum Gasteiger partial charge on any atom is -0.480 e. The van der Waals surface area contributed by atoms with Gasteiger partial charge in [0, 0.05) is 16.1 Å². The van der Waals surface area contributed by atoms with E-state index in [0.29, 0.717) is 10.7 Å². The number of hydrogen-bond donors (Lipinski definition) is 2. The summed E-state index contributed by atoms with van der Waals surface area (Å²) in [6.45, 7) is -0.0454. The van der Waals surface area contributed by atoms with Gasteiger partial charge in [0.05, 0.1) is 11.7 Å². The van der Waals surface area contributed by atoms with Gasteiger partial charge < -0.3 is 9.84 Å². The van der Waals surface area contributed by atoms with Crippen molar-refractivity contribution in [2.24, 2.45) is 0 Å². The zero-order chi connectivity index (χ0) is 21.8. The van der Waals surface area contributed by atoms with Crippen LogP contribution in [0.2, 0.25) is 5.02 Å². The predicted octanol–water partition coefficient (Wildman–Crippen LogP) is 5.19. The Hall–Kier alpha value is -3.84. The fourth-order valence-electron chi connectivity index (χ4n) is 3.23. The highest BCUT2D eigenvalue weighted by atomic mass is 35.5. The number of amides is 1. The lowest BCUT2D eigenvalue weighted by molar-refractivity contribution is -0.137. The molecular formula is C23H18ClN3O4. The summed E-state index contributed by atoms with van der Waals surface area (Å²) in [5.74, 6) is -0.959. The number of aromatic nitrogens is 2. The number of hydrogen-bond acceptors (Lipinski definition) is 4. The van der Waals surface area contributed by atoms with Gasteiger partial charge in [0.2, 0.25) is 0 Å². The van der Waals surface area contributed by atoms with Crippen molar-refractivity contribution in [1.82, 2.24) is 9.78 Å². The van der Waals surface area contributed by atoms with Crippen molar-refractivity contribution in [3.05, 3.63) is 83.5 Å². The standard InChI is InChI=1S/C23H18ClN3O4/c24-19-9-17(16-6-7-21-18(8-16)12-25-27(21)13-22(28)29)10-20(11-19)26-23(30)31-14-15-4-2-1-3-5-15/h1-12H,13-14H2,(H,26,30)(H,28,29). The van der Waals surface area contributed by atoms with E-state index in [1.807, 2.05) is 48.5 Å². The zero-order valence-electron chi connectivity index (χ0n) is 16.3. The molecule has 0 saturated heterocycles. The quantitative estimate of drug-likeness (QED) is 0.434. The highest BCUT2D eigenvalue weighted by Gasteiger charge is 2.10. The van der Waals surface area contributed by atoms with Crippen molar-refractivity contribution in [2.45, 2.75) is 13.2 Å². The number of carboxylic acids is 1. The second-order valence-electron chi connectivity index (χ2n) is 6.88. The first kappa shape index (κ1) is 20.4. The number of rotatable bonds is 6. The van der Waals surface area contributed by atoms with E-state index in [9.17, 15) is 9.59 Å². The van der Waals surface area contributed by atoms with E-state index in [1.54, 1.807) is 24.4 Å². The summed E-state index contributed by atoms with van der Waals surface area (Å²) in [7, 11) is 0. The Morgan fingerprint density at radius 2 is 1.84 bits per heavy atom. The Labute approximate surface area is 182 Å². The topological polar surface area (TPSA) is 93.5 Å². The van der Waals surface area contributed by atoms with E-state index in [2.05, 4.69) is 10.4 Å². The number of carbonyl (C=O) groups excluding carboxylic acids is 1. The minimum absolute atomic E-state index is 0.164. The lowest BCUT2D eigenvalue weighted by Crippen LogP contribution is -2.13. The maximum atomic E-state index is 12.2. The maximum absolute atomic E-state index is 12.2. The number of nitrogens with zero attached hydrogens (tertiary/aromatic N) is 2. The molecular weight excluding hydrogens is 418 g/mol. The van der Waals surface area contributed by atoms with Crippen molar-refractivity contribution in [2.75, 3.05) is 5.32 Å². The first-order chi connectivity index (χ1) is 15.0. The van der Waals surface area contributed by atoms with Gasteiger partial charge in [-0.05, 0) is 47.0 Å². The van der Waals surface area contributed by atoms with E-state index in [-0.39, 0.29) is 13.2 Å². The molecule has 0 spiro atoms. The molecule has 1 heterocycles. The number of ether oxygens (including phenoxy) is 1. The fraction of sp³-hybridized carbons (Fsp3) is 0.0870. The number of halogens is 1. The third kappa shape index (κ3) is 5.02. The molecule has 156 valence electrons. The normalized spacial score (nSPS) is 10.7. The minimum atomic E-state index is -0.959. The molecule has 4 aromatic rings. The molecule has 0 aliphatic rings.